The third kappa shape index (κ3) is 10.2. The number of nitrogens with one attached hydrogen (secondary N) is 3. The summed E-state index contributed by atoms with van der Waals surface area (Å²) in [4.78, 5) is 4.52. The minimum atomic E-state index is -0.680. The summed E-state index contributed by atoms with van der Waals surface area (Å²) < 4.78 is 5.70. The molecule has 2 aromatic rings. The molecule has 0 aliphatic heterocycles. The quantitative estimate of drug-likeness (QED) is 0.153. The molecule has 0 saturated carbocycles. The van der Waals surface area contributed by atoms with E-state index in [2.05, 4.69) is 33.1 Å². The van der Waals surface area contributed by atoms with E-state index in [4.69, 9.17) is 4.74 Å². The molecule has 0 heterocycles. The van der Waals surface area contributed by atoms with Crippen LogP contribution in [0.1, 0.15) is 38.9 Å². The van der Waals surface area contributed by atoms with Crippen LogP contribution in [0.5, 0.6) is 5.75 Å². The zero-order valence-corrected chi connectivity index (χ0v) is 20.4. The number of ether oxygens (including phenoxy) is 1. The molecule has 0 radical (unpaired) electrons. The molecule has 2 aromatic carbocycles. The third-order valence-corrected chi connectivity index (χ3v) is 4.13. The van der Waals surface area contributed by atoms with Crippen LogP contribution in [-0.2, 0) is 0 Å². The van der Waals surface area contributed by atoms with E-state index in [1.54, 1.807) is 0 Å². The average molecular weight is 526 g/mol. The Morgan fingerprint density at radius 2 is 1.80 bits per heavy atom. The Hall–Kier alpha value is -2.00. The fourth-order valence-electron chi connectivity index (χ4n) is 2.78. The number of hydrogen-bond donors (Lipinski definition) is 4. The Morgan fingerprint density at radius 1 is 1.03 bits per heavy atom. The highest BCUT2D eigenvalue weighted by molar-refractivity contribution is 14.0. The van der Waals surface area contributed by atoms with Gasteiger partial charge < -0.3 is 25.8 Å². The van der Waals surface area contributed by atoms with Gasteiger partial charge in [-0.3, -0.25) is 4.99 Å². The number of aliphatic hydroxyl groups excluding tert-OH is 1. The maximum Gasteiger partial charge on any atom is 0.191 e. The molecule has 0 aliphatic rings. The van der Waals surface area contributed by atoms with E-state index in [-0.39, 0.29) is 36.6 Å². The first-order chi connectivity index (χ1) is 14.1. The van der Waals surface area contributed by atoms with Crippen LogP contribution in [0.25, 0.3) is 0 Å². The largest absolute Gasteiger partial charge is 0.491 e. The molecular weight excluding hydrogens is 491 g/mol. The zero-order valence-electron chi connectivity index (χ0n) is 18.1. The number of para-hydroxylation sites is 1. The van der Waals surface area contributed by atoms with E-state index in [1.807, 2.05) is 63.2 Å². The molecule has 0 bridgehead atoms. The molecule has 166 valence electrons. The van der Waals surface area contributed by atoms with Gasteiger partial charge in [-0.2, -0.15) is 0 Å². The first kappa shape index (κ1) is 26.0. The van der Waals surface area contributed by atoms with Gasteiger partial charge in [0.25, 0.3) is 0 Å². The minimum Gasteiger partial charge on any atom is -0.491 e. The van der Waals surface area contributed by atoms with Crippen LogP contribution < -0.4 is 20.7 Å². The van der Waals surface area contributed by atoms with Gasteiger partial charge in [-0.25, -0.2) is 0 Å². The number of guanidine groups is 1. The number of benzene rings is 2. The van der Waals surface area contributed by atoms with Crippen LogP contribution >= 0.6 is 24.0 Å². The van der Waals surface area contributed by atoms with Gasteiger partial charge >= 0.3 is 0 Å². The summed E-state index contributed by atoms with van der Waals surface area (Å²) in [6.45, 7) is 8.71. The Bertz CT molecular complexity index is 741. The van der Waals surface area contributed by atoms with Crippen LogP contribution in [0.3, 0.4) is 0 Å². The molecule has 2 rings (SSSR count). The van der Waals surface area contributed by atoms with Gasteiger partial charge in [-0.05, 0) is 57.0 Å². The van der Waals surface area contributed by atoms with Crippen molar-refractivity contribution in [2.24, 2.45) is 4.99 Å². The van der Waals surface area contributed by atoms with Crippen LogP contribution in [0.2, 0.25) is 0 Å². The SMILES string of the molecule is CCNC(=NCC(O)c1cccc(OC(C)C)c1)NCCCNc1ccccc1.I. The van der Waals surface area contributed by atoms with Crippen LogP contribution in [0, 0.1) is 0 Å². The molecule has 0 aromatic heterocycles. The fraction of sp³-hybridized carbons (Fsp3) is 0.435. The van der Waals surface area contributed by atoms with Crippen molar-refractivity contribution in [3.05, 3.63) is 60.2 Å². The smallest absolute Gasteiger partial charge is 0.191 e. The molecule has 1 unspecified atom stereocenters. The molecule has 0 aliphatic carbocycles. The Kier molecular flexibility index (Phi) is 12.9. The highest BCUT2D eigenvalue weighted by Gasteiger charge is 2.09. The first-order valence-electron chi connectivity index (χ1n) is 10.3. The van der Waals surface area contributed by atoms with Crippen molar-refractivity contribution in [3.63, 3.8) is 0 Å². The summed E-state index contributed by atoms with van der Waals surface area (Å²) >= 11 is 0. The molecule has 7 heteroatoms. The van der Waals surface area contributed by atoms with Gasteiger partial charge in [-0.15, -0.1) is 24.0 Å². The van der Waals surface area contributed by atoms with Crippen molar-refractivity contribution in [2.45, 2.75) is 39.4 Å². The second kappa shape index (κ2) is 14.9. The topological polar surface area (TPSA) is 77.9 Å². The molecule has 4 N–H and O–H groups in total. The Balaban J connectivity index is 0.00000450. The van der Waals surface area contributed by atoms with Gasteiger partial charge in [0, 0.05) is 25.3 Å². The van der Waals surface area contributed by atoms with Crippen molar-refractivity contribution in [2.75, 3.05) is 31.5 Å². The van der Waals surface area contributed by atoms with Gasteiger partial charge in [0.05, 0.1) is 18.8 Å². The molecule has 0 saturated heterocycles. The van der Waals surface area contributed by atoms with Crippen molar-refractivity contribution < 1.29 is 9.84 Å². The number of rotatable bonds is 11. The van der Waals surface area contributed by atoms with Gasteiger partial charge in [0.1, 0.15) is 5.75 Å². The lowest BCUT2D eigenvalue weighted by Crippen LogP contribution is -2.38. The highest BCUT2D eigenvalue weighted by Crippen LogP contribution is 2.20. The lowest BCUT2D eigenvalue weighted by molar-refractivity contribution is 0.185. The number of nitrogens with zero attached hydrogens (tertiary/aromatic N) is 1. The lowest BCUT2D eigenvalue weighted by atomic mass is 10.1. The normalized spacial score (nSPS) is 12.1. The highest BCUT2D eigenvalue weighted by atomic mass is 127. The van der Waals surface area contributed by atoms with Gasteiger partial charge in [0.2, 0.25) is 0 Å². The zero-order chi connectivity index (χ0) is 20.9. The predicted octanol–water partition coefficient (Wildman–Crippen LogP) is 4.18. The van der Waals surface area contributed by atoms with Gasteiger partial charge in [-0.1, -0.05) is 30.3 Å². The molecule has 0 fully saturated rings. The van der Waals surface area contributed by atoms with Crippen molar-refractivity contribution >= 4 is 35.6 Å². The standard InChI is InChI=1S/C23H34N4O2.HI/c1-4-24-23(26-15-9-14-25-20-11-6-5-7-12-20)27-17-22(28)19-10-8-13-21(16-19)29-18(2)3;/h5-8,10-13,16,18,22,25,28H,4,9,14-15,17H2,1-3H3,(H2,24,26,27);1H. The number of hydrogen-bond acceptors (Lipinski definition) is 4. The Labute approximate surface area is 197 Å². The predicted molar refractivity (Wildman–Crippen MR) is 136 cm³/mol. The summed E-state index contributed by atoms with van der Waals surface area (Å²) in [5.74, 6) is 1.47. The maximum atomic E-state index is 10.5. The average Bonchev–Trinajstić information content (AvgIpc) is 2.72. The van der Waals surface area contributed by atoms with Crippen LogP contribution in [-0.4, -0.2) is 43.3 Å². The van der Waals surface area contributed by atoms with Gasteiger partial charge in [0.15, 0.2) is 5.96 Å². The number of aliphatic imine (C=N–C) groups is 1. The fourth-order valence-corrected chi connectivity index (χ4v) is 2.78. The van der Waals surface area contributed by atoms with Crippen molar-refractivity contribution in [1.82, 2.24) is 10.6 Å². The Morgan fingerprint density at radius 3 is 2.50 bits per heavy atom. The van der Waals surface area contributed by atoms with E-state index in [9.17, 15) is 5.11 Å². The van der Waals surface area contributed by atoms with Crippen molar-refractivity contribution in [3.8, 4) is 5.75 Å². The molecule has 0 spiro atoms. The monoisotopic (exact) mass is 526 g/mol. The molecular formula is C23H35IN4O2. The van der Waals surface area contributed by atoms with E-state index < -0.39 is 6.10 Å². The van der Waals surface area contributed by atoms with Crippen LogP contribution in [0.15, 0.2) is 59.6 Å². The number of anilines is 1. The molecule has 0 amide bonds. The second-order valence-corrected chi connectivity index (χ2v) is 7.05. The summed E-state index contributed by atoms with van der Waals surface area (Å²) in [7, 11) is 0. The summed E-state index contributed by atoms with van der Waals surface area (Å²) in [5, 5.41) is 20.4. The second-order valence-electron chi connectivity index (χ2n) is 7.05. The number of halogens is 1. The summed E-state index contributed by atoms with van der Waals surface area (Å²) in [6, 6.07) is 17.7. The van der Waals surface area contributed by atoms with Crippen LogP contribution in [0.4, 0.5) is 5.69 Å². The maximum absolute atomic E-state index is 10.5. The van der Waals surface area contributed by atoms with E-state index in [1.165, 1.54) is 0 Å². The van der Waals surface area contributed by atoms with E-state index in [0.29, 0.717) is 5.96 Å². The van der Waals surface area contributed by atoms with Crippen molar-refractivity contribution in [1.29, 1.82) is 0 Å². The molecule has 1 atom stereocenters. The van der Waals surface area contributed by atoms with E-state index >= 15 is 0 Å². The number of aliphatic hydroxyl groups is 1. The summed E-state index contributed by atoms with van der Waals surface area (Å²) in [6.07, 6.45) is 0.374. The molecule has 6 nitrogen and oxygen atoms in total. The van der Waals surface area contributed by atoms with E-state index in [0.717, 1.165) is 43.1 Å². The summed E-state index contributed by atoms with van der Waals surface area (Å²) in [5.41, 5.74) is 1.93. The minimum absolute atomic E-state index is 0. The first-order valence-corrected chi connectivity index (χ1v) is 10.3. The lowest BCUT2D eigenvalue weighted by Gasteiger charge is -2.15. The third-order valence-electron chi connectivity index (χ3n) is 4.13. The molecule has 30 heavy (non-hydrogen) atoms.